The first kappa shape index (κ1) is 10.8. The number of hydrogen-bond donors (Lipinski definition) is 1. The van der Waals surface area contributed by atoms with Crippen LogP contribution in [0.4, 0.5) is 0 Å². The lowest BCUT2D eigenvalue weighted by molar-refractivity contribution is -0.116. The number of carbonyl (C=O) groups excluding carboxylic acids is 1. The van der Waals surface area contributed by atoms with E-state index in [9.17, 15) is 4.79 Å². The van der Waals surface area contributed by atoms with Crippen LogP contribution in [0.15, 0.2) is 12.7 Å². The third-order valence-electron chi connectivity index (χ3n) is 2.30. The molecule has 1 aliphatic heterocycles. The first-order valence-corrected chi connectivity index (χ1v) is 4.73. The van der Waals surface area contributed by atoms with Crippen LogP contribution in [0.25, 0.3) is 0 Å². The van der Waals surface area contributed by atoms with E-state index in [1.54, 1.807) is 0 Å². The van der Waals surface area contributed by atoms with Gasteiger partial charge in [0.2, 0.25) is 5.91 Å². The lowest BCUT2D eigenvalue weighted by atomic mass is 9.99. The Kier molecular flexibility index (Phi) is 4.21. The van der Waals surface area contributed by atoms with Crippen molar-refractivity contribution in [3.63, 3.8) is 0 Å². The van der Waals surface area contributed by atoms with Gasteiger partial charge < -0.3 is 10.1 Å². The number of rotatable bonds is 4. The lowest BCUT2D eigenvalue weighted by Crippen LogP contribution is -2.34. The fourth-order valence-electron chi connectivity index (χ4n) is 1.50. The zero-order chi connectivity index (χ0) is 10.4. The molecule has 0 aromatic rings. The Hall–Kier alpha value is -1.27. The van der Waals surface area contributed by atoms with Gasteiger partial charge in [-0.2, -0.15) is 0 Å². The highest BCUT2D eigenvalue weighted by molar-refractivity contribution is 5.87. The summed E-state index contributed by atoms with van der Waals surface area (Å²) < 4.78 is 5.23. The average molecular weight is 193 g/mol. The van der Waals surface area contributed by atoms with Crippen LogP contribution in [0.3, 0.4) is 0 Å². The molecule has 0 aliphatic carbocycles. The number of terminal acetylenes is 1. The largest absolute Gasteiger partial charge is 0.381 e. The van der Waals surface area contributed by atoms with Crippen LogP contribution in [0.2, 0.25) is 0 Å². The SMILES string of the molecule is C#CC(CC1CCOC1)NC(=O)C=C. The normalized spacial score (nSPS) is 22.4. The van der Waals surface area contributed by atoms with E-state index in [0.29, 0.717) is 5.92 Å². The summed E-state index contributed by atoms with van der Waals surface area (Å²) >= 11 is 0. The van der Waals surface area contributed by atoms with Gasteiger partial charge in [0.15, 0.2) is 0 Å². The molecule has 2 atom stereocenters. The summed E-state index contributed by atoms with van der Waals surface area (Å²) in [5, 5.41) is 2.69. The van der Waals surface area contributed by atoms with E-state index in [1.165, 1.54) is 6.08 Å². The summed E-state index contributed by atoms with van der Waals surface area (Å²) in [6.07, 6.45) is 8.36. The number of carbonyl (C=O) groups is 1. The van der Waals surface area contributed by atoms with E-state index in [4.69, 9.17) is 11.2 Å². The Bertz CT molecular complexity index is 249. The fourth-order valence-corrected chi connectivity index (χ4v) is 1.50. The predicted octanol–water partition coefficient (Wildman–Crippen LogP) is 0.717. The summed E-state index contributed by atoms with van der Waals surface area (Å²) in [5.41, 5.74) is 0. The molecule has 3 heteroatoms. The predicted molar refractivity (Wildman–Crippen MR) is 54.5 cm³/mol. The van der Waals surface area contributed by atoms with E-state index >= 15 is 0 Å². The van der Waals surface area contributed by atoms with E-state index in [0.717, 1.165) is 26.1 Å². The van der Waals surface area contributed by atoms with Crippen LogP contribution >= 0.6 is 0 Å². The third-order valence-corrected chi connectivity index (χ3v) is 2.30. The van der Waals surface area contributed by atoms with Crippen molar-refractivity contribution in [1.82, 2.24) is 5.32 Å². The second-order valence-electron chi connectivity index (χ2n) is 3.40. The average Bonchev–Trinajstić information content (AvgIpc) is 2.69. The Morgan fingerprint density at radius 2 is 2.64 bits per heavy atom. The Morgan fingerprint density at radius 3 is 3.14 bits per heavy atom. The maximum absolute atomic E-state index is 11.0. The highest BCUT2D eigenvalue weighted by Crippen LogP contribution is 2.17. The molecule has 0 aromatic carbocycles. The standard InChI is InChI=1S/C11H15NO2/c1-3-10(12-11(13)4-2)7-9-5-6-14-8-9/h1,4,9-10H,2,5-8H2,(H,12,13). The summed E-state index contributed by atoms with van der Waals surface area (Å²) in [6, 6.07) is -0.202. The molecule has 0 aromatic heterocycles. The smallest absolute Gasteiger partial charge is 0.244 e. The minimum absolute atomic E-state index is 0.202. The first-order chi connectivity index (χ1) is 6.76. The van der Waals surface area contributed by atoms with Gasteiger partial charge in [-0.25, -0.2) is 0 Å². The molecule has 0 radical (unpaired) electrons. The maximum atomic E-state index is 11.0. The highest BCUT2D eigenvalue weighted by Gasteiger charge is 2.20. The van der Waals surface area contributed by atoms with Crippen LogP contribution in [0.1, 0.15) is 12.8 Å². The van der Waals surface area contributed by atoms with Gasteiger partial charge in [-0.05, 0) is 24.8 Å². The molecule has 1 amide bonds. The molecule has 76 valence electrons. The molecule has 14 heavy (non-hydrogen) atoms. The molecular weight excluding hydrogens is 178 g/mol. The topological polar surface area (TPSA) is 38.3 Å². The van der Waals surface area contributed by atoms with Gasteiger partial charge in [-0.15, -0.1) is 6.42 Å². The van der Waals surface area contributed by atoms with Crippen molar-refractivity contribution in [3.8, 4) is 12.3 Å². The molecule has 0 spiro atoms. The van der Waals surface area contributed by atoms with Gasteiger partial charge in [-0.1, -0.05) is 12.5 Å². The molecular formula is C11H15NO2. The molecule has 0 saturated carbocycles. The van der Waals surface area contributed by atoms with Gasteiger partial charge in [0, 0.05) is 13.2 Å². The van der Waals surface area contributed by atoms with Gasteiger partial charge in [0.05, 0.1) is 6.04 Å². The monoisotopic (exact) mass is 193 g/mol. The molecule has 1 aliphatic rings. The van der Waals surface area contributed by atoms with Crippen molar-refractivity contribution in [2.24, 2.45) is 5.92 Å². The molecule has 1 rings (SSSR count). The molecule has 1 saturated heterocycles. The number of amides is 1. The second kappa shape index (κ2) is 5.46. The summed E-state index contributed by atoms with van der Waals surface area (Å²) in [7, 11) is 0. The Morgan fingerprint density at radius 1 is 1.86 bits per heavy atom. The summed E-state index contributed by atoms with van der Waals surface area (Å²) in [5.74, 6) is 2.82. The third kappa shape index (κ3) is 3.23. The minimum Gasteiger partial charge on any atom is -0.381 e. The maximum Gasteiger partial charge on any atom is 0.244 e. The van der Waals surface area contributed by atoms with Crippen LogP contribution in [-0.2, 0) is 9.53 Å². The van der Waals surface area contributed by atoms with Gasteiger partial charge in [-0.3, -0.25) is 4.79 Å². The van der Waals surface area contributed by atoms with E-state index in [2.05, 4.69) is 17.8 Å². The van der Waals surface area contributed by atoms with Crippen molar-refractivity contribution in [2.45, 2.75) is 18.9 Å². The van der Waals surface area contributed by atoms with E-state index in [-0.39, 0.29) is 11.9 Å². The minimum atomic E-state index is -0.216. The van der Waals surface area contributed by atoms with Gasteiger partial charge >= 0.3 is 0 Å². The van der Waals surface area contributed by atoms with Crippen LogP contribution in [0, 0.1) is 18.3 Å². The number of hydrogen-bond acceptors (Lipinski definition) is 2. The van der Waals surface area contributed by atoms with Gasteiger partial charge in [0.1, 0.15) is 0 Å². The zero-order valence-electron chi connectivity index (χ0n) is 8.16. The van der Waals surface area contributed by atoms with E-state index in [1.807, 2.05) is 0 Å². The first-order valence-electron chi connectivity index (χ1n) is 4.73. The van der Waals surface area contributed by atoms with Gasteiger partial charge in [0.25, 0.3) is 0 Å². The van der Waals surface area contributed by atoms with Crippen LogP contribution < -0.4 is 5.32 Å². The highest BCUT2D eigenvalue weighted by atomic mass is 16.5. The van der Waals surface area contributed by atoms with Crippen molar-refractivity contribution in [1.29, 1.82) is 0 Å². The lowest BCUT2D eigenvalue weighted by Gasteiger charge is -2.14. The summed E-state index contributed by atoms with van der Waals surface area (Å²) in [4.78, 5) is 11.0. The van der Waals surface area contributed by atoms with Crippen molar-refractivity contribution in [2.75, 3.05) is 13.2 Å². The molecule has 1 heterocycles. The van der Waals surface area contributed by atoms with Crippen LogP contribution in [-0.4, -0.2) is 25.2 Å². The molecule has 1 N–H and O–H groups in total. The fraction of sp³-hybridized carbons (Fsp3) is 0.545. The van der Waals surface area contributed by atoms with E-state index < -0.39 is 0 Å². The van der Waals surface area contributed by atoms with Crippen molar-refractivity contribution < 1.29 is 9.53 Å². The second-order valence-corrected chi connectivity index (χ2v) is 3.40. The number of nitrogens with one attached hydrogen (secondary N) is 1. The quantitative estimate of drug-likeness (QED) is 0.527. The molecule has 0 bridgehead atoms. The molecule has 3 nitrogen and oxygen atoms in total. The summed E-state index contributed by atoms with van der Waals surface area (Å²) in [6.45, 7) is 4.93. The van der Waals surface area contributed by atoms with Crippen LogP contribution in [0.5, 0.6) is 0 Å². The van der Waals surface area contributed by atoms with Crippen molar-refractivity contribution >= 4 is 5.91 Å². The Balaban J connectivity index is 2.34. The molecule has 1 fully saturated rings. The number of ether oxygens (including phenoxy) is 1. The Labute approximate surface area is 84.5 Å². The zero-order valence-corrected chi connectivity index (χ0v) is 8.16. The molecule has 2 unspecified atom stereocenters. The van der Waals surface area contributed by atoms with Crippen molar-refractivity contribution in [3.05, 3.63) is 12.7 Å².